The minimum Gasteiger partial charge on any atom is -0.466 e. The lowest BCUT2D eigenvalue weighted by Crippen LogP contribution is -2.02. The summed E-state index contributed by atoms with van der Waals surface area (Å²) in [5, 5.41) is 0. The molecule has 8 heavy (non-hydrogen) atoms. The number of ether oxygens (including phenoxy) is 1. The quantitative estimate of drug-likeness (QED) is 0.393. The van der Waals surface area contributed by atoms with Gasteiger partial charge in [0.2, 0.25) is 0 Å². The molecule has 0 N–H and O–H groups in total. The van der Waals surface area contributed by atoms with Crippen molar-refractivity contribution >= 4 is 13.8 Å². The molecule has 0 aromatic carbocycles. The molecule has 0 heterocycles. The lowest BCUT2D eigenvalue weighted by atomic mass is 10.1. The lowest BCUT2D eigenvalue weighted by Gasteiger charge is -1.97. The molecule has 0 fully saturated rings. The van der Waals surface area contributed by atoms with Gasteiger partial charge in [0.15, 0.2) is 0 Å². The van der Waals surface area contributed by atoms with E-state index in [2.05, 4.69) is 4.74 Å². The van der Waals surface area contributed by atoms with Gasteiger partial charge in [-0.25, -0.2) is 0 Å². The fraction of sp³-hybridized carbons (Fsp3) is 0.800. The minimum atomic E-state index is -0.185. The summed E-state index contributed by atoms with van der Waals surface area (Å²) in [6.45, 7) is 2.09. The Morgan fingerprint density at radius 3 is 2.75 bits per heavy atom. The third-order valence-corrected chi connectivity index (χ3v) is 0.670. The fourth-order valence-electron chi connectivity index (χ4n) is 0.275. The SMILES string of the molecule is [B]CCOC(=O)CC. The summed E-state index contributed by atoms with van der Waals surface area (Å²) in [5.41, 5.74) is 0. The molecule has 2 radical (unpaired) electrons. The molecule has 0 amide bonds. The highest BCUT2D eigenvalue weighted by atomic mass is 16.5. The van der Waals surface area contributed by atoms with E-state index >= 15 is 0 Å². The minimum absolute atomic E-state index is 0.185. The average Bonchev–Trinajstić information content (AvgIpc) is 1.83. The van der Waals surface area contributed by atoms with Gasteiger partial charge < -0.3 is 4.74 Å². The Kier molecular flexibility index (Phi) is 4.42. The van der Waals surface area contributed by atoms with Crippen LogP contribution in [0.5, 0.6) is 0 Å². The maximum Gasteiger partial charge on any atom is 0.305 e. The Morgan fingerprint density at radius 2 is 2.38 bits per heavy atom. The van der Waals surface area contributed by atoms with Crippen LogP contribution < -0.4 is 0 Å². The molecule has 0 rings (SSSR count). The summed E-state index contributed by atoms with van der Waals surface area (Å²) >= 11 is 0. The summed E-state index contributed by atoms with van der Waals surface area (Å²) in [6.07, 6.45) is 0.839. The maximum atomic E-state index is 10.3. The van der Waals surface area contributed by atoms with Crippen LogP contribution >= 0.6 is 0 Å². The molecule has 0 aliphatic heterocycles. The van der Waals surface area contributed by atoms with Crippen LogP contribution in [-0.4, -0.2) is 20.4 Å². The first kappa shape index (κ1) is 7.53. The van der Waals surface area contributed by atoms with Crippen molar-refractivity contribution in [1.82, 2.24) is 0 Å². The second-order valence-electron chi connectivity index (χ2n) is 1.36. The first-order valence-electron chi connectivity index (χ1n) is 2.67. The van der Waals surface area contributed by atoms with Crippen LogP contribution in [-0.2, 0) is 9.53 Å². The van der Waals surface area contributed by atoms with Crippen LogP contribution in [0.4, 0.5) is 0 Å². The first-order valence-corrected chi connectivity index (χ1v) is 2.67. The van der Waals surface area contributed by atoms with Crippen molar-refractivity contribution in [2.45, 2.75) is 19.7 Å². The van der Waals surface area contributed by atoms with Crippen LogP contribution in [0.2, 0.25) is 6.32 Å². The largest absolute Gasteiger partial charge is 0.466 e. The van der Waals surface area contributed by atoms with Crippen LogP contribution in [0.25, 0.3) is 0 Å². The number of hydrogen-bond acceptors (Lipinski definition) is 2. The van der Waals surface area contributed by atoms with Gasteiger partial charge in [-0.15, -0.1) is 0 Å². The summed E-state index contributed by atoms with van der Waals surface area (Å²) in [5.74, 6) is -0.185. The molecular formula is C5H9BO2. The topological polar surface area (TPSA) is 26.3 Å². The second-order valence-corrected chi connectivity index (χ2v) is 1.36. The molecule has 3 heteroatoms. The molecule has 2 nitrogen and oxygen atoms in total. The Balaban J connectivity index is 2.99. The monoisotopic (exact) mass is 112 g/mol. The molecule has 0 saturated heterocycles. The maximum absolute atomic E-state index is 10.3. The summed E-state index contributed by atoms with van der Waals surface area (Å²) in [4.78, 5) is 10.3. The van der Waals surface area contributed by atoms with E-state index in [0.29, 0.717) is 19.3 Å². The van der Waals surface area contributed by atoms with Gasteiger partial charge in [0.25, 0.3) is 0 Å². The lowest BCUT2D eigenvalue weighted by molar-refractivity contribution is -0.142. The van der Waals surface area contributed by atoms with Gasteiger partial charge in [0.05, 0.1) is 14.5 Å². The molecule has 0 saturated carbocycles. The van der Waals surface area contributed by atoms with Crippen LogP contribution in [0.15, 0.2) is 0 Å². The average molecular weight is 112 g/mol. The predicted octanol–water partition coefficient (Wildman–Crippen LogP) is 0.526. The van der Waals surface area contributed by atoms with E-state index in [9.17, 15) is 4.79 Å². The molecule has 0 aromatic rings. The van der Waals surface area contributed by atoms with Gasteiger partial charge in [-0.3, -0.25) is 4.79 Å². The number of hydrogen-bond donors (Lipinski definition) is 0. The fourth-order valence-corrected chi connectivity index (χ4v) is 0.275. The highest BCUT2D eigenvalue weighted by Gasteiger charge is 1.93. The van der Waals surface area contributed by atoms with E-state index in [1.165, 1.54) is 0 Å². The van der Waals surface area contributed by atoms with Crippen molar-refractivity contribution in [2.24, 2.45) is 0 Å². The van der Waals surface area contributed by atoms with Crippen molar-refractivity contribution in [3.8, 4) is 0 Å². The predicted molar refractivity (Wildman–Crippen MR) is 31.8 cm³/mol. The van der Waals surface area contributed by atoms with Gasteiger partial charge in [0.1, 0.15) is 0 Å². The van der Waals surface area contributed by atoms with Crippen molar-refractivity contribution in [2.75, 3.05) is 6.61 Å². The third-order valence-electron chi connectivity index (χ3n) is 0.670. The highest BCUT2D eigenvalue weighted by Crippen LogP contribution is 1.84. The van der Waals surface area contributed by atoms with Crippen molar-refractivity contribution in [3.63, 3.8) is 0 Å². The zero-order valence-electron chi connectivity index (χ0n) is 5.02. The van der Waals surface area contributed by atoms with E-state index in [1.807, 2.05) is 0 Å². The van der Waals surface area contributed by atoms with E-state index < -0.39 is 0 Å². The first-order chi connectivity index (χ1) is 3.81. The Hall–Kier alpha value is -0.465. The zero-order chi connectivity index (χ0) is 6.41. The van der Waals surface area contributed by atoms with Crippen LogP contribution in [0.1, 0.15) is 13.3 Å². The molecular weight excluding hydrogens is 103 g/mol. The molecule has 0 aliphatic rings. The number of carbonyl (C=O) groups is 1. The summed E-state index contributed by atoms with van der Waals surface area (Å²) < 4.78 is 4.58. The van der Waals surface area contributed by atoms with E-state index in [0.717, 1.165) is 0 Å². The van der Waals surface area contributed by atoms with Gasteiger partial charge >= 0.3 is 5.97 Å². The van der Waals surface area contributed by atoms with E-state index in [1.54, 1.807) is 6.92 Å². The number of rotatable bonds is 3. The van der Waals surface area contributed by atoms with E-state index in [4.69, 9.17) is 7.85 Å². The van der Waals surface area contributed by atoms with Crippen molar-refractivity contribution in [1.29, 1.82) is 0 Å². The Labute approximate surface area is 50.6 Å². The molecule has 0 aliphatic carbocycles. The third kappa shape index (κ3) is 3.72. The van der Waals surface area contributed by atoms with Gasteiger partial charge in [0, 0.05) is 6.42 Å². The van der Waals surface area contributed by atoms with Crippen molar-refractivity contribution < 1.29 is 9.53 Å². The number of esters is 1. The molecule has 0 bridgehead atoms. The smallest absolute Gasteiger partial charge is 0.305 e. The normalized spacial score (nSPS) is 8.62. The van der Waals surface area contributed by atoms with Crippen molar-refractivity contribution in [3.05, 3.63) is 0 Å². The molecule has 0 aromatic heterocycles. The number of carbonyl (C=O) groups excluding carboxylic acids is 1. The molecule has 0 spiro atoms. The van der Waals surface area contributed by atoms with Gasteiger partial charge in [-0.2, -0.15) is 0 Å². The van der Waals surface area contributed by atoms with E-state index in [-0.39, 0.29) is 5.97 Å². The van der Waals surface area contributed by atoms with Crippen LogP contribution in [0, 0.1) is 0 Å². The molecule has 44 valence electrons. The zero-order valence-corrected chi connectivity index (χ0v) is 5.02. The second kappa shape index (κ2) is 4.69. The standard InChI is InChI=1S/C5H9BO2/c1-2-5(7)8-4-3-6/h2-4H2,1H3. The highest BCUT2D eigenvalue weighted by molar-refractivity contribution is 6.08. The Morgan fingerprint density at radius 1 is 1.75 bits per heavy atom. The molecule has 0 atom stereocenters. The molecule has 0 unspecified atom stereocenters. The summed E-state index contributed by atoms with van der Waals surface area (Å²) in [6, 6.07) is 0. The summed E-state index contributed by atoms with van der Waals surface area (Å²) in [7, 11) is 5.05. The van der Waals surface area contributed by atoms with Crippen LogP contribution in [0.3, 0.4) is 0 Å². The Bertz CT molecular complexity index is 72.8. The van der Waals surface area contributed by atoms with Gasteiger partial charge in [-0.1, -0.05) is 13.2 Å². The van der Waals surface area contributed by atoms with Gasteiger partial charge in [-0.05, 0) is 0 Å².